The number of hydrogen-bond donors (Lipinski definition) is 1. The zero-order valence-electron chi connectivity index (χ0n) is 15.4. The Morgan fingerprint density at radius 3 is 2.54 bits per heavy atom. The Kier molecular flexibility index (Phi) is 6.34. The first-order chi connectivity index (χ1) is 11.3. The van der Waals surface area contributed by atoms with Crippen molar-refractivity contribution in [2.45, 2.75) is 53.1 Å². The largest absolute Gasteiger partial charge is 0.357 e. The fourth-order valence-corrected chi connectivity index (χ4v) is 3.69. The van der Waals surface area contributed by atoms with Crippen molar-refractivity contribution in [1.29, 1.82) is 0 Å². The summed E-state index contributed by atoms with van der Waals surface area (Å²) < 4.78 is 0. The molecule has 0 bridgehead atoms. The van der Waals surface area contributed by atoms with Crippen molar-refractivity contribution < 1.29 is 0 Å². The van der Waals surface area contributed by atoms with Gasteiger partial charge in [0.15, 0.2) is 5.96 Å². The topological polar surface area (TPSA) is 53.4 Å². The lowest BCUT2D eigenvalue weighted by Gasteiger charge is -2.21. The fourth-order valence-electron chi connectivity index (χ4n) is 2.14. The van der Waals surface area contributed by atoms with Gasteiger partial charge in [-0.2, -0.15) is 0 Å². The van der Waals surface area contributed by atoms with Crippen LogP contribution in [-0.4, -0.2) is 34.4 Å². The van der Waals surface area contributed by atoms with Crippen molar-refractivity contribution in [3.63, 3.8) is 0 Å². The van der Waals surface area contributed by atoms with Gasteiger partial charge in [-0.3, -0.25) is 0 Å². The molecule has 0 fully saturated rings. The molecule has 0 atom stereocenters. The number of guanidine groups is 1. The molecule has 132 valence electrons. The van der Waals surface area contributed by atoms with E-state index < -0.39 is 0 Å². The van der Waals surface area contributed by atoms with Crippen LogP contribution in [0.25, 0.3) is 0 Å². The van der Waals surface area contributed by atoms with Crippen molar-refractivity contribution in [3.8, 4) is 0 Å². The molecule has 0 amide bonds. The second-order valence-electron chi connectivity index (χ2n) is 6.76. The zero-order valence-corrected chi connectivity index (χ0v) is 17.0. The molecular formula is C17H27N5S2. The van der Waals surface area contributed by atoms with Gasteiger partial charge in [-0.15, -0.1) is 22.7 Å². The van der Waals surface area contributed by atoms with Crippen LogP contribution in [0.2, 0.25) is 0 Å². The van der Waals surface area contributed by atoms with Crippen molar-refractivity contribution in [2.24, 2.45) is 4.99 Å². The number of thiazole rings is 2. The third-order valence-electron chi connectivity index (χ3n) is 3.45. The molecule has 0 saturated carbocycles. The maximum absolute atomic E-state index is 4.74. The second-order valence-corrected chi connectivity index (χ2v) is 8.77. The minimum atomic E-state index is 0.0855. The Bertz CT molecular complexity index is 681. The molecule has 0 unspecified atom stereocenters. The molecule has 5 nitrogen and oxygen atoms in total. The van der Waals surface area contributed by atoms with E-state index in [2.05, 4.69) is 53.7 Å². The van der Waals surface area contributed by atoms with Gasteiger partial charge in [0.25, 0.3) is 0 Å². The van der Waals surface area contributed by atoms with E-state index in [1.165, 1.54) is 0 Å². The number of rotatable bonds is 5. The third-order valence-corrected chi connectivity index (χ3v) is 5.10. The Labute approximate surface area is 152 Å². The Balaban J connectivity index is 2.05. The molecule has 7 heteroatoms. The summed E-state index contributed by atoms with van der Waals surface area (Å²) in [6.45, 7) is 12.9. The van der Waals surface area contributed by atoms with Crippen LogP contribution >= 0.6 is 22.7 Å². The van der Waals surface area contributed by atoms with Crippen LogP contribution in [0, 0.1) is 6.92 Å². The highest BCUT2D eigenvalue weighted by Gasteiger charge is 2.17. The van der Waals surface area contributed by atoms with Crippen molar-refractivity contribution in [1.82, 2.24) is 20.2 Å². The number of hydrogen-bond acceptors (Lipinski definition) is 5. The van der Waals surface area contributed by atoms with Crippen LogP contribution in [0.1, 0.15) is 49.1 Å². The summed E-state index contributed by atoms with van der Waals surface area (Å²) in [5.41, 5.74) is 2.30. The first kappa shape index (κ1) is 18.9. The maximum Gasteiger partial charge on any atom is 0.194 e. The van der Waals surface area contributed by atoms with Gasteiger partial charge in [-0.25, -0.2) is 15.0 Å². The van der Waals surface area contributed by atoms with Gasteiger partial charge in [0, 0.05) is 29.8 Å². The van der Waals surface area contributed by atoms with Crippen LogP contribution in [0.15, 0.2) is 15.8 Å². The maximum atomic E-state index is 4.74. The number of nitrogens with zero attached hydrogens (tertiary/aromatic N) is 4. The summed E-state index contributed by atoms with van der Waals surface area (Å²) >= 11 is 3.36. The minimum absolute atomic E-state index is 0.0855. The molecule has 1 N–H and O–H groups in total. The summed E-state index contributed by atoms with van der Waals surface area (Å²) in [4.78, 5) is 16.1. The number of nitrogens with one attached hydrogen (secondary N) is 1. The molecule has 0 aromatic carbocycles. The van der Waals surface area contributed by atoms with Crippen molar-refractivity contribution in [3.05, 3.63) is 32.2 Å². The average Bonchev–Trinajstić information content (AvgIpc) is 3.12. The highest BCUT2D eigenvalue weighted by molar-refractivity contribution is 7.09. The lowest BCUT2D eigenvalue weighted by atomic mass is 9.93. The van der Waals surface area contributed by atoms with E-state index in [-0.39, 0.29) is 5.41 Å². The Morgan fingerprint density at radius 2 is 2.00 bits per heavy atom. The van der Waals surface area contributed by atoms with Gasteiger partial charge < -0.3 is 10.2 Å². The van der Waals surface area contributed by atoms with Crippen LogP contribution < -0.4 is 5.32 Å². The number of aliphatic imine (C=N–C) groups is 1. The van der Waals surface area contributed by atoms with Gasteiger partial charge in [0.05, 0.1) is 29.5 Å². The average molecular weight is 366 g/mol. The molecule has 2 aromatic heterocycles. The second kappa shape index (κ2) is 8.07. The summed E-state index contributed by atoms with van der Waals surface area (Å²) in [6, 6.07) is 0. The van der Waals surface area contributed by atoms with Gasteiger partial charge in [-0.1, -0.05) is 20.8 Å². The van der Waals surface area contributed by atoms with E-state index in [0.29, 0.717) is 6.54 Å². The quantitative estimate of drug-likeness (QED) is 0.647. The van der Waals surface area contributed by atoms with E-state index in [1.54, 1.807) is 22.7 Å². The summed E-state index contributed by atoms with van der Waals surface area (Å²) in [5.74, 6) is 0.885. The van der Waals surface area contributed by atoms with Gasteiger partial charge in [0.1, 0.15) is 5.01 Å². The molecule has 0 saturated heterocycles. The van der Waals surface area contributed by atoms with Crippen LogP contribution in [0.4, 0.5) is 0 Å². The van der Waals surface area contributed by atoms with Gasteiger partial charge in [-0.05, 0) is 13.8 Å². The van der Waals surface area contributed by atoms with E-state index >= 15 is 0 Å². The predicted octanol–water partition coefficient (Wildman–Crippen LogP) is 3.80. The summed E-state index contributed by atoms with van der Waals surface area (Å²) in [6.07, 6.45) is 0. The van der Waals surface area contributed by atoms with E-state index in [1.807, 2.05) is 14.0 Å². The standard InChI is InChI=1S/C17H27N5S2/c1-7-18-16(22(6)9-13-10-23-12(2)20-13)19-8-15-21-14(11-24-15)17(3,4)5/h10-11H,7-9H2,1-6H3,(H,18,19). The highest BCUT2D eigenvalue weighted by atomic mass is 32.1. The number of aromatic nitrogens is 2. The normalized spacial score (nSPS) is 12.5. The molecule has 0 aliphatic carbocycles. The van der Waals surface area contributed by atoms with E-state index in [0.717, 1.165) is 40.5 Å². The first-order valence-electron chi connectivity index (χ1n) is 8.15. The predicted molar refractivity (Wildman–Crippen MR) is 104 cm³/mol. The fraction of sp³-hybridized carbons (Fsp3) is 0.588. The van der Waals surface area contributed by atoms with Crippen LogP contribution in [0.3, 0.4) is 0 Å². The Hall–Kier alpha value is -1.47. The molecular weight excluding hydrogens is 338 g/mol. The monoisotopic (exact) mass is 365 g/mol. The minimum Gasteiger partial charge on any atom is -0.357 e. The molecule has 2 rings (SSSR count). The molecule has 24 heavy (non-hydrogen) atoms. The molecule has 0 spiro atoms. The van der Waals surface area contributed by atoms with Crippen LogP contribution in [-0.2, 0) is 18.5 Å². The van der Waals surface area contributed by atoms with Crippen molar-refractivity contribution >= 4 is 28.6 Å². The molecule has 0 radical (unpaired) electrons. The summed E-state index contributed by atoms with van der Waals surface area (Å²) in [7, 11) is 2.04. The lowest BCUT2D eigenvalue weighted by Crippen LogP contribution is -2.38. The van der Waals surface area contributed by atoms with Crippen LogP contribution in [0.5, 0.6) is 0 Å². The summed E-state index contributed by atoms with van der Waals surface area (Å²) in [5, 5.41) is 9.73. The molecule has 2 heterocycles. The molecule has 2 aromatic rings. The SMILES string of the molecule is CCNC(=NCc1nc(C(C)(C)C)cs1)N(C)Cc1csc(C)n1. The smallest absolute Gasteiger partial charge is 0.194 e. The molecule has 0 aliphatic rings. The van der Waals surface area contributed by atoms with E-state index in [4.69, 9.17) is 9.98 Å². The van der Waals surface area contributed by atoms with Gasteiger partial charge >= 0.3 is 0 Å². The number of aryl methyl sites for hydroxylation is 1. The third kappa shape index (κ3) is 5.27. The Morgan fingerprint density at radius 1 is 1.25 bits per heavy atom. The lowest BCUT2D eigenvalue weighted by molar-refractivity contribution is 0.470. The molecule has 0 aliphatic heterocycles. The highest BCUT2D eigenvalue weighted by Crippen LogP contribution is 2.24. The van der Waals surface area contributed by atoms with E-state index in [9.17, 15) is 0 Å². The first-order valence-corrected chi connectivity index (χ1v) is 9.91. The van der Waals surface area contributed by atoms with Gasteiger partial charge in [0.2, 0.25) is 0 Å². The van der Waals surface area contributed by atoms with Crippen molar-refractivity contribution in [2.75, 3.05) is 13.6 Å². The zero-order chi connectivity index (χ0) is 17.7.